The highest BCUT2D eigenvalue weighted by Crippen LogP contribution is 2.22. The van der Waals surface area contributed by atoms with Crippen molar-refractivity contribution in [3.63, 3.8) is 0 Å². The normalized spacial score (nSPS) is 19.5. The van der Waals surface area contributed by atoms with Crippen molar-refractivity contribution in [2.75, 3.05) is 38.0 Å². The standard InChI is InChI=1S/C19H27N3O2/c1-15-5-4-6-17(13-15)20-18(23)14-21-11-7-16(8-12-21)19(24)22-9-2-3-10-22/h4-6,13,16H,2-3,7-12,14H2,1H3,(H,20,23). The first-order valence-corrected chi connectivity index (χ1v) is 8.99. The Morgan fingerprint density at radius 1 is 1.12 bits per heavy atom. The molecule has 0 bridgehead atoms. The minimum Gasteiger partial charge on any atom is -0.342 e. The van der Waals surface area contributed by atoms with E-state index in [1.54, 1.807) is 0 Å². The van der Waals surface area contributed by atoms with Gasteiger partial charge in [0.2, 0.25) is 11.8 Å². The number of likely N-dealkylation sites (tertiary alicyclic amines) is 2. The zero-order chi connectivity index (χ0) is 16.9. The lowest BCUT2D eigenvalue weighted by Gasteiger charge is -2.32. The second-order valence-electron chi connectivity index (χ2n) is 7.00. The van der Waals surface area contributed by atoms with E-state index in [1.165, 1.54) is 0 Å². The SMILES string of the molecule is Cc1cccc(NC(=O)CN2CCC(C(=O)N3CCCC3)CC2)c1. The maximum absolute atomic E-state index is 12.4. The number of anilines is 1. The maximum Gasteiger partial charge on any atom is 0.238 e. The van der Waals surface area contributed by atoms with Crippen LogP contribution in [-0.2, 0) is 9.59 Å². The summed E-state index contributed by atoms with van der Waals surface area (Å²) in [5, 5.41) is 2.95. The minimum absolute atomic E-state index is 0.0184. The zero-order valence-electron chi connectivity index (χ0n) is 14.5. The molecule has 5 heteroatoms. The average molecular weight is 329 g/mol. The highest BCUT2D eigenvalue weighted by molar-refractivity contribution is 5.92. The minimum atomic E-state index is 0.0184. The number of carbonyl (C=O) groups is 2. The Balaban J connectivity index is 1.43. The summed E-state index contributed by atoms with van der Waals surface area (Å²) >= 11 is 0. The number of hydrogen-bond donors (Lipinski definition) is 1. The summed E-state index contributed by atoms with van der Waals surface area (Å²) in [5.74, 6) is 0.500. The number of amides is 2. The molecule has 2 saturated heterocycles. The molecule has 0 aromatic heterocycles. The topological polar surface area (TPSA) is 52.7 Å². The molecule has 1 aromatic rings. The van der Waals surface area contributed by atoms with Crippen LogP contribution in [0, 0.1) is 12.8 Å². The van der Waals surface area contributed by atoms with Crippen LogP contribution >= 0.6 is 0 Å². The average Bonchev–Trinajstić information content (AvgIpc) is 3.09. The second-order valence-corrected chi connectivity index (χ2v) is 7.00. The van der Waals surface area contributed by atoms with Crippen molar-refractivity contribution in [1.29, 1.82) is 0 Å². The zero-order valence-corrected chi connectivity index (χ0v) is 14.5. The van der Waals surface area contributed by atoms with Gasteiger partial charge in [-0.1, -0.05) is 12.1 Å². The third-order valence-electron chi connectivity index (χ3n) is 5.02. The van der Waals surface area contributed by atoms with Crippen LogP contribution < -0.4 is 5.32 Å². The Morgan fingerprint density at radius 2 is 1.83 bits per heavy atom. The number of carbonyl (C=O) groups excluding carboxylic acids is 2. The number of rotatable bonds is 4. The Bertz CT molecular complexity index is 588. The van der Waals surface area contributed by atoms with Gasteiger partial charge < -0.3 is 10.2 Å². The molecular weight excluding hydrogens is 302 g/mol. The van der Waals surface area contributed by atoms with Crippen LogP contribution in [0.4, 0.5) is 5.69 Å². The lowest BCUT2D eigenvalue weighted by Crippen LogP contribution is -2.43. The number of hydrogen-bond acceptors (Lipinski definition) is 3. The highest BCUT2D eigenvalue weighted by atomic mass is 16.2. The van der Waals surface area contributed by atoms with Crippen LogP contribution in [0.2, 0.25) is 0 Å². The second kappa shape index (κ2) is 7.79. The first kappa shape index (κ1) is 17.0. The molecule has 1 aromatic carbocycles. The van der Waals surface area contributed by atoms with Crippen LogP contribution in [0.15, 0.2) is 24.3 Å². The molecule has 2 aliphatic heterocycles. The van der Waals surface area contributed by atoms with E-state index >= 15 is 0 Å². The number of benzene rings is 1. The first-order chi connectivity index (χ1) is 11.6. The van der Waals surface area contributed by atoms with Crippen molar-refractivity contribution < 1.29 is 9.59 Å². The summed E-state index contributed by atoms with van der Waals surface area (Å²) in [5.41, 5.74) is 1.98. The third kappa shape index (κ3) is 4.35. The van der Waals surface area contributed by atoms with Gasteiger partial charge in [0.25, 0.3) is 0 Å². The maximum atomic E-state index is 12.4. The van der Waals surface area contributed by atoms with E-state index < -0.39 is 0 Å². The molecule has 2 aliphatic rings. The molecule has 2 fully saturated rings. The van der Waals surface area contributed by atoms with E-state index in [-0.39, 0.29) is 11.8 Å². The van der Waals surface area contributed by atoms with Crippen molar-refractivity contribution in [1.82, 2.24) is 9.80 Å². The van der Waals surface area contributed by atoms with Gasteiger partial charge in [0.15, 0.2) is 0 Å². The smallest absolute Gasteiger partial charge is 0.238 e. The Hall–Kier alpha value is -1.88. The van der Waals surface area contributed by atoms with Gasteiger partial charge in [-0.2, -0.15) is 0 Å². The lowest BCUT2D eigenvalue weighted by atomic mass is 9.95. The van der Waals surface area contributed by atoms with Gasteiger partial charge in [0.1, 0.15) is 0 Å². The van der Waals surface area contributed by atoms with E-state index in [0.29, 0.717) is 12.5 Å². The van der Waals surface area contributed by atoms with Crippen LogP contribution in [0.3, 0.4) is 0 Å². The van der Waals surface area contributed by atoms with Gasteiger partial charge in [-0.15, -0.1) is 0 Å². The fraction of sp³-hybridized carbons (Fsp3) is 0.579. The summed E-state index contributed by atoms with van der Waals surface area (Å²) in [4.78, 5) is 28.8. The van der Waals surface area contributed by atoms with Gasteiger partial charge in [-0.25, -0.2) is 0 Å². The van der Waals surface area contributed by atoms with E-state index in [0.717, 1.165) is 63.1 Å². The largest absolute Gasteiger partial charge is 0.342 e. The molecule has 0 saturated carbocycles. The molecule has 0 atom stereocenters. The van der Waals surface area contributed by atoms with Crippen LogP contribution in [-0.4, -0.2) is 54.3 Å². The molecule has 0 unspecified atom stereocenters. The quantitative estimate of drug-likeness (QED) is 0.922. The van der Waals surface area contributed by atoms with Crippen molar-refractivity contribution in [2.24, 2.45) is 5.92 Å². The van der Waals surface area contributed by atoms with E-state index in [9.17, 15) is 9.59 Å². The molecule has 0 radical (unpaired) electrons. The Labute approximate surface area is 144 Å². The highest BCUT2D eigenvalue weighted by Gasteiger charge is 2.30. The number of nitrogens with zero attached hydrogens (tertiary/aromatic N) is 2. The molecule has 2 amide bonds. The molecule has 1 N–H and O–H groups in total. The lowest BCUT2D eigenvalue weighted by molar-refractivity contribution is -0.136. The summed E-state index contributed by atoms with van der Waals surface area (Å²) in [7, 11) is 0. The molecular formula is C19H27N3O2. The van der Waals surface area contributed by atoms with Crippen LogP contribution in [0.5, 0.6) is 0 Å². The van der Waals surface area contributed by atoms with Gasteiger partial charge in [0.05, 0.1) is 6.54 Å². The first-order valence-electron chi connectivity index (χ1n) is 8.99. The molecule has 0 spiro atoms. The van der Waals surface area contributed by atoms with Gasteiger partial charge in [-0.05, 0) is 63.4 Å². The molecule has 0 aliphatic carbocycles. The summed E-state index contributed by atoms with van der Waals surface area (Å²) in [6, 6.07) is 7.84. The summed E-state index contributed by atoms with van der Waals surface area (Å²) in [6.07, 6.45) is 4.02. The van der Waals surface area contributed by atoms with Crippen LogP contribution in [0.25, 0.3) is 0 Å². The van der Waals surface area contributed by atoms with Crippen molar-refractivity contribution >= 4 is 17.5 Å². The fourth-order valence-electron chi connectivity index (χ4n) is 3.66. The fourth-order valence-corrected chi connectivity index (χ4v) is 3.66. The molecule has 130 valence electrons. The van der Waals surface area contributed by atoms with Crippen molar-refractivity contribution in [3.05, 3.63) is 29.8 Å². The van der Waals surface area contributed by atoms with E-state index in [4.69, 9.17) is 0 Å². The predicted molar refractivity (Wildman–Crippen MR) is 94.8 cm³/mol. The Kier molecular flexibility index (Phi) is 5.51. The van der Waals surface area contributed by atoms with Crippen LogP contribution in [0.1, 0.15) is 31.2 Å². The number of nitrogens with one attached hydrogen (secondary N) is 1. The van der Waals surface area contributed by atoms with E-state index in [1.807, 2.05) is 36.1 Å². The summed E-state index contributed by atoms with van der Waals surface area (Å²) in [6.45, 7) is 5.92. The molecule has 2 heterocycles. The van der Waals surface area contributed by atoms with Crippen molar-refractivity contribution in [3.8, 4) is 0 Å². The van der Waals surface area contributed by atoms with Gasteiger partial charge in [-0.3, -0.25) is 14.5 Å². The molecule has 5 nitrogen and oxygen atoms in total. The third-order valence-corrected chi connectivity index (χ3v) is 5.02. The monoisotopic (exact) mass is 329 g/mol. The summed E-state index contributed by atoms with van der Waals surface area (Å²) < 4.78 is 0. The van der Waals surface area contributed by atoms with E-state index in [2.05, 4.69) is 10.2 Å². The van der Waals surface area contributed by atoms with Gasteiger partial charge >= 0.3 is 0 Å². The molecule has 3 rings (SSSR count). The number of aryl methyl sites for hydroxylation is 1. The Morgan fingerprint density at radius 3 is 2.50 bits per heavy atom. The van der Waals surface area contributed by atoms with Crippen molar-refractivity contribution in [2.45, 2.75) is 32.6 Å². The van der Waals surface area contributed by atoms with Gasteiger partial charge in [0, 0.05) is 24.7 Å². The number of piperidine rings is 1. The molecule has 24 heavy (non-hydrogen) atoms. The predicted octanol–water partition coefficient (Wildman–Crippen LogP) is 2.27.